The zero-order chi connectivity index (χ0) is 17.1. The highest BCUT2D eigenvalue weighted by atomic mass is 16.5. The Morgan fingerprint density at radius 2 is 2.08 bits per heavy atom. The van der Waals surface area contributed by atoms with Crippen LogP contribution in [0.5, 0.6) is 0 Å². The first kappa shape index (κ1) is 15.9. The third kappa shape index (κ3) is 2.09. The number of allylic oxidation sites excluding steroid dienone is 5. The van der Waals surface area contributed by atoms with E-state index in [-0.39, 0.29) is 22.9 Å². The number of ether oxygens (including phenoxy) is 1. The molecular formula is C21H26O3. The van der Waals surface area contributed by atoms with Gasteiger partial charge in [0, 0.05) is 18.8 Å². The molecule has 0 heterocycles. The van der Waals surface area contributed by atoms with Crippen molar-refractivity contribution in [3.8, 4) is 0 Å². The Kier molecular flexibility index (Phi) is 3.42. The van der Waals surface area contributed by atoms with Gasteiger partial charge < -0.3 is 4.74 Å². The first-order valence-corrected chi connectivity index (χ1v) is 9.18. The summed E-state index contributed by atoms with van der Waals surface area (Å²) >= 11 is 0. The minimum Gasteiger partial charge on any atom is -0.458 e. The second kappa shape index (κ2) is 5.18. The maximum atomic E-state index is 12.4. The number of hydrogen-bond acceptors (Lipinski definition) is 3. The minimum absolute atomic E-state index is 0.0536. The molecule has 3 nitrogen and oxygen atoms in total. The molecule has 4 aliphatic carbocycles. The van der Waals surface area contributed by atoms with Crippen LogP contribution >= 0.6 is 0 Å². The van der Waals surface area contributed by atoms with Gasteiger partial charge in [0.2, 0.25) is 0 Å². The van der Waals surface area contributed by atoms with Gasteiger partial charge in [-0.05, 0) is 62.2 Å². The number of carbonyl (C=O) groups is 2. The molecule has 0 N–H and O–H groups in total. The lowest BCUT2D eigenvalue weighted by Crippen LogP contribution is -2.42. The van der Waals surface area contributed by atoms with Crippen molar-refractivity contribution in [2.75, 3.05) is 0 Å². The van der Waals surface area contributed by atoms with Crippen molar-refractivity contribution < 1.29 is 14.3 Å². The van der Waals surface area contributed by atoms with E-state index in [1.165, 1.54) is 23.6 Å². The van der Waals surface area contributed by atoms with Crippen LogP contribution in [0.2, 0.25) is 0 Å². The third-order valence-electron chi connectivity index (χ3n) is 7.00. The summed E-state index contributed by atoms with van der Waals surface area (Å²) in [4.78, 5) is 23.6. The molecule has 0 saturated heterocycles. The predicted octanol–water partition coefficient (Wildman–Crippen LogP) is 4.29. The van der Waals surface area contributed by atoms with E-state index in [0.717, 1.165) is 32.1 Å². The fraction of sp³-hybridized carbons (Fsp3) is 0.619. The van der Waals surface area contributed by atoms with Gasteiger partial charge in [-0.3, -0.25) is 9.59 Å². The zero-order valence-corrected chi connectivity index (χ0v) is 14.9. The second-order valence-electron chi connectivity index (χ2n) is 8.30. The smallest absolute Gasteiger partial charge is 0.303 e. The van der Waals surface area contributed by atoms with Crippen molar-refractivity contribution in [3.05, 3.63) is 34.9 Å². The molecule has 4 aliphatic rings. The summed E-state index contributed by atoms with van der Waals surface area (Å²) < 4.78 is 5.42. The Bertz CT molecular complexity index is 711. The molecule has 2 unspecified atom stereocenters. The number of fused-ring (bicyclic) bond motifs is 4. The van der Waals surface area contributed by atoms with Gasteiger partial charge in [-0.25, -0.2) is 0 Å². The number of esters is 1. The molecule has 0 aromatic carbocycles. The molecule has 128 valence electrons. The number of Topliss-reactive ketones (excluding diaryl/α,β-unsaturated/α-hetero) is 1. The quantitative estimate of drug-likeness (QED) is 0.533. The maximum absolute atomic E-state index is 12.4. The van der Waals surface area contributed by atoms with Crippen molar-refractivity contribution in [2.45, 2.75) is 65.4 Å². The van der Waals surface area contributed by atoms with Crippen molar-refractivity contribution >= 4 is 11.8 Å². The number of ketones is 1. The lowest BCUT2D eigenvalue weighted by Gasteiger charge is -2.50. The molecule has 0 amide bonds. The van der Waals surface area contributed by atoms with Crippen LogP contribution in [0, 0.1) is 16.7 Å². The lowest BCUT2D eigenvalue weighted by atomic mass is 9.54. The molecule has 4 rings (SSSR count). The van der Waals surface area contributed by atoms with Crippen LogP contribution in [0.1, 0.15) is 59.3 Å². The van der Waals surface area contributed by atoms with Crippen LogP contribution in [0.25, 0.3) is 0 Å². The second-order valence-corrected chi connectivity index (χ2v) is 8.30. The fourth-order valence-electron chi connectivity index (χ4n) is 5.53. The molecule has 0 radical (unpaired) electrons. The van der Waals surface area contributed by atoms with Gasteiger partial charge in [-0.2, -0.15) is 0 Å². The molecule has 0 saturated carbocycles. The molecule has 0 aromatic heterocycles. The van der Waals surface area contributed by atoms with Crippen LogP contribution < -0.4 is 0 Å². The van der Waals surface area contributed by atoms with Crippen molar-refractivity contribution in [1.29, 1.82) is 0 Å². The highest BCUT2D eigenvalue weighted by molar-refractivity contribution is 5.94. The van der Waals surface area contributed by atoms with Crippen LogP contribution in [0.3, 0.4) is 0 Å². The first-order valence-electron chi connectivity index (χ1n) is 9.18. The number of hydrogen-bond donors (Lipinski definition) is 0. The highest BCUT2D eigenvalue weighted by Gasteiger charge is 2.51. The zero-order valence-electron chi connectivity index (χ0n) is 14.9. The van der Waals surface area contributed by atoms with Crippen molar-refractivity contribution in [3.63, 3.8) is 0 Å². The van der Waals surface area contributed by atoms with Gasteiger partial charge in [-0.1, -0.05) is 24.6 Å². The summed E-state index contributed by atoms with van der Waals surface area (Å²) in [6.07, 6.45) is 12.1. The van der Waals surface area contributed by atoms with Gasteiger partial charge >= 0.3 is 5.97 Å². The molecule has 0 aliphatic heterocycles. The SMILES string of the molecule is CC(=O)OC1C=C[C@]2(C)C3=C(CCC2C1)C1=CCC(=O)[C@@]1(C)CC3. The van der Waals surface area contributed by atoms with Gasteiger partial charge in [0.1, 0.15) is 11.9 Å². The van der Waals surface area contributed by atoms with E-state index >= 15 is 0 Å². The Morgan fingerprint density at radius 1 is 1.29 bits per heavy atom. The number of rotatable bonds is 1. The molecule has 0 fully saturated rings. The molecular weight excluding hydrogens is 300 g/mol. The molecule has 0 bridgehead atoms. The highest BCUT2D eigenvalue weighted by Crippen LogP contribution is 2.59. The summed E-state index contributed by atoms with van der Waals surface area (Å²) in [5.74, 6) is 0.713. The normalized spacial score (nSPS) is 40.6. The van der Waals surface area contributed by atoms with Gasteiger partial charge in [0.15, 0.2) is 0 Å². The van der Waals surface area contributed by atoms with Gasteiger partial charge in [0.05, 0.1) is 5.41 Å². The van der Waals surface area contributed by atoms with E-state index in [0.29, 0.717) is 18.1 Å². The summed E-state index contributed by atoms with van der Waals surface area (Å²) in [6, 6.07) is 0. The number of carbonyl (C=O) groups excluding carboxylic acids is 2. The van der Waals surface area contributed by atoms with Crippen LogP contribution in [-0.2, 0) is 14.3 Å². The fourth-order valence-corrected chi connectivity index (χ4v) is 5.53. The third-order valence-corrected chi connectivity index (χ3v) is 7.00. The average Bonchev–Trinajstić information content (AvgIpc) is 2.83. The van der Waals surface area contributed by atoms with Crippen LogP contribution in [0.4, 0.5) is 0 Å². The largest absolute Gasteiger partial charge is 0.458 e. The van der Waals surface area contributed by atoms with E-state index in [2.05, 4.69) is 32.1 Å². The Hall–Kier alpha value is -1.64. The van der Waals surface area contributed by atoms with Crippen molar-refractivity contribution in [1.82, 2.24) is 0 Å². The van der Waals surface area contributed by atoms with E-state index in [1.807, 2.05) is 0 Å². The van der Waals surface area contributed by atoms with E-state index < -0.39 is 0 Å². The van der Waals surface area contributed by atoms with Gasteiger partial charge in [0.25, 0.3) is 0 Å². The first-order chi connectivity index (χ1) is 11.3. The lowest BCUT2D eigenvalue weighted by molar-refractivity contribution is -0.145. The van der Waals surface area contributed by atoms with E-state index in [9.17, 15) is 9.59 Å². The molecule has 0 aromatic rings. The topological polar surface area (TPSA) is 43.4 Å². The molecule has 0 spiro atoms. The summed E-state index contributed by atoms with van der Waals surface area (Å²) in [6.45, 7) is 5.96. The molecule has 4 atom stereocenters. The van der Waals surface area contributed by atoms with Crippen molar-refractivity contribution in [2.24, 2.45) is 16.7 Å². The molecule has 24 heavy (non-hydrogen) atoms. The summed E-state index contributed by atoms with van der Waals surface area (Å²) in [7, 11) is 0. The Labute approximate surface area is 143 Å². The van der Waals surface area contributed by atoms with Crippen LogP contribution in [0.15, 0.2) is 34.9 Å². The van der Waals surface area contributed by atoms with Crippen LogP contribution in [-0.4, -0.2) is 17.9 Å². The average molecular weight is 326 g/mol. The summed E-state index contributed by atoms with van der Waals surface area (Å²) in [5.41, 5.74) is 4.14. The van der Waals surface area contributed by atoms with E-state index in [4.69, 9.17) is 4.74 Å². The Morgan fingerprint density at radius 3 is 2.83 bits per heavy atom. The monoisotopic (exact) mass is 326 g/mol. The predicted molar refractivity (Wildman–Crippen MR) is 92.2 cm³/mol. The summed E-state index contributed by atoms with van der Waals surface area (Å²) in [5, 5.41) is 0. The standard InChI is InChI=1S/C21H26O3/c1-13(22)24-15-8-10-20(2)14(12-15)4-5-16-17-6-7-19(23)21(17,3)11-9-18(16)20/h6,8,10,14-15H,4-5,7,9,11-12H2,1-3H3/t14?,15?,20-,21-/m0/s1. The maximum Gasteiger partial charge on any atom is 0.303 e. The Balaban J connectivity index is 1.72. The minimum atomic E-state index is -0.235. The van der Waals surface area contributed by atoms with E-state index in [1.54, 1.807) is 0 Å². The molecule has 3 heteroatoms. The van der Waals surface area contributed by atoms with Gasteiger partial charge in [-0.15, -0.1) is 0 Å².